The summed E-state index contributed by atoms with van der Waals surface area (Å²) in [7, 11) is 0. The smallest absolute Gasteiger partial charge is 0.197 e. The number of allylic oxidation sites excluding steroid dienone is 1. The zero-order valence-corrected chi connectivity index (χ0v) is 18.8. The standard InChI is InChI=1S/C26H22N2O2S/c1-5-28-17(12-20-23(29)18-10-9-14(2)11-19(18)24(20)30)13-21-25(28)27-26(31-21)22-15(3)7-6-8-16(22)4/h6-13H,5H2,1-4H3/b20-12-. The average Bonchev–Trinajstić information content (AvgIpc) is 3.34. The predicted molar refractivity (Wildman–Crippen MR) is 126 cm³/mol. The Bertz CT molecular complexity index is 1420. The minimum Gasteiger partial charge on any atom is -0.325 e. The van der Waals surface area contributed by atoms with Crippen LogP contribution in [0.25, 0.3) is 27.0 Å². The summed E-state index contributed by atoms with van der Waals surface area (Å²) in [6.45, 7) is 8.89. The van der Waals surface area contributed by atoms with Crippen LogP contribution in [0.15, 0.2) is 48.0 Å². The first kappa shape index (κ1) is 19.6. The van der Waals surface area contributed by atoms with Gasteiger partial charge in [0.15, 0.2) is 17.2 Å². The molecule has 2 aromatic heterocycles. The number of fused-ring (bicyclic) bond motifs is 2. The molecule has 0 unspecified atom stereocenters. The highest BCUT2D eigenvalue weighted by atomic mass is 32.1. The summed E-state index contributed by atoms with van der Waals surface area (Å²) in [5.74, 6) is -0.392. The van der Waals surface area contributed by atoms with Crippen molar-refractivity contribution >= 4 is 39.3 Å². The van der Waals surface area contributed by atoms with Gasteiger partial charge in [-0.15, -0.1) is 11.3 Å². The number of rotatable bonds is 3. The Hall–Kier alpha value is -3.31. The Labute approximate surface area is 184 Å². The van der Waals surface area contributed by atoms with E-state index in [1.54, 1.807) is 29.5 Å². The second-order valence-electron chi connectivity index (χ2n) is 8.05. The summed E-state index contributed by atoms with van der Waals surface area (Å²) in [5.41, 5.74) is 7.52. The van der Waals surface area contributed by atoms with E-state index >= 15 is 0 Å². The molecule has 0 N–H and O–H groups in total. The number of benzene rings is 2. The Kier molecular flexibility index (Phi) is 4.52. The number of carbonyl (C=O) groups excluding carboxylic acids is 2. The highest BCUT2D eigenvalue weighted by Crippen LogP contribution is 2.37. The fourth-order valence-electron chi connectivity index (χ4n) is 4.37. The van der Waals surface area contributed by atoms with Gasteiger partial charge in [-0.05, 0) is 57.0 Å². The van der Waals surface area contributed by atoms with E-state index in [9.17, 15) is 9.59 Å². The minimum atomic E-state index is -0.198. The number of hydrogen-bond donors (Lipinski definition) is 0. The third-order valence-electron chi connectivity index (χ3n) is 5.94. The molecule has 1 aliphatic carbocycles. The van der Waals surface area contributed by atoms with Crippen LogP contribution in [0.1, 0.15) is 50.0 Å². The second-order valence-corrected chi connectivity index (χ2v) is 9.08. The maximum atomic E-state index is 12.9. The molecule has 5 rings (SSSR count). The molecule has 5 heteroatoms. The summed E-state index contributed by atoms with van der Waals surface area (Å²) >= 11 is 1.65. The molecule has 2 aromatic carbocycles. The topological polar surface area (TPSA) is 52.0 Å². The van der Waals surface area contributed by atoms with Crippen LogP contribution >= 0.6 is 11.3 Å². The predicted octanol–water partition coefficient (Wildman–Crippen LogP) is 6.17. The third-order valence-corrected chi connectivity index (χ3v) is 6.95. The van der Waals surface area contributed by atoms with E-state index in [-0.39, 0.29) is 17.1 Å². The van der Waals surface area contributed by atoms with E-state index in [0.29, 0.717) is 17.7 Å². The van der Waals surface area contributed by atoms with E-state index in [1.165, 1.54) is 16.7 Å². The highest BCUT2D eigenvalue weighted by molar-refractivity contribution is 7.21. The molecule has 0 saturated heterocycles. The van der Waals surface area contributed by atoms with Crippen molar-refractivity contribution < 1.29 is 9.59 Å². The van der Waals surface area contributed by atoms with Gasteiger partial charge in [0.2, 0.25) is 0 Å². The van der Waals surface area contributed by atoms with Crippen LogP contribution in [-0.4, -0.2) is 21.1 Å². The number of hydrogen-bond acceptors (Lipinski definition) is 4. The summed E-state index contributed by atoms with van der Waals surface area (Å²) in [4.78, 5) is 30.7. The summed E-state index contributed by atoms with van der Waals surface area (Å²) < 4.78 is 3.13. The molecular weight excluding hydrogens is 404 g/mol. The lowest BCUT2D eigenvalue weighted by Gasteiger charge is -2.07. The fraction of sp³-hybridized carbons (Fsp3) is 0.192. The Morgan fingerprint density at radius 2 is 1.68 bits per heavy atom. The van der Waals surface area contributed by atoms with Crippen molar-refractivity contribution in [3.63, 3.8) is 0 Å². The largest absolute Gasteiger partial charge is 0.325 e. The van der Waals surface area contributed by atoms with Gasteiger partial charge in [0, 0.05) is 28.9 Å². The SMILES string of the molecule is CCn1c(/C=C2/C(=O)c3ccc(C)cc3C2=O)cc2sc(-c3c(C)cccc3C)nc21. The van der Waals surface area contributed by atoms with Gasteiger partial charge in [-0.25, -0.2) is 4.98 Å². The summed E-state index contributed by atoms with van der Waals surface area (Å²) in [6.07, 6.45) is 1.73. The van der Waals surface area contributed by atoms with Crippen LogP contribution in [0.4, 0.5) is 0 Å². The number of nitrogens with zero attached hydrogens (tertiary/aromatic N) is 2. The number of aryl methyl sites for hydroxylation is 4. The van der Waals surface area contributed by atoms with Crippen molar-refractivity contribution in [1.82, 2.24) is 9.55 Å². The van der Waals surface area contributed by atoms with E-state index < -0.39 is 0 Å². The van der Waals surface area contributed by atoms with Crippen molar-refractivity contribution in [1.29, 1.82) is 0 Å². The molecule has 1 aliphatic rings. The van der Waals surface area contributed by atoms with Crippen molar-refractivity contribution in [3.05, 3.63) is 81.5 Å². The first-order valence-electron chi connectivity index (χ1n) is 10.4. The van der Waals surface area contributed by atoms with Crippen molar-refractivity contribution in [2.24, 2.45) is 0 Å². The molecule has 0 saturated carbocycles. The lowest BCUT2D eigenvalue weighted by molar-refractivity contribution is 0.0990. The zero-order chi connectivity index (χ0) is 21.9. The molecule has 0 amide bonds. The fourth-order valence-corrected chi connectivity index (χ4v) is 5.56. The van der Waals surface area contributed by atoms with Gasteiger partial charge in [-0.1, -0.05) is 35.9 Å². The van der Waals surface area contributed by atoms with Crippen LogP contribution < -0.4 is 0 Å². The maximum Gasteiger partial charge on any atom is 0.197 e. The Morgan fingerprint density at radius 1 is 0.968 bits per heavy atom. The normalized spacial score (nSPS) is 14.8. The number of Topliss-reactive ketones (excluding diaryl/α,β-unsaturated/α-hetero) is 2. The number of aromatic nitrogens is 2. The minimum absolute atomic E-state index is 0.194. The number of ketones is 2. The molecule has 4 nitrogen and oxygen atoms in total. The van der Waals surface area contributed by atoms with Crippen LogP contribution in [-0.2, 0) is 6.54 Å². The van der Waals surface area contributed by atoms with Crippen molar-refractivity contribution in [2.45, 2.75) is 34.2 Å². The maximum absolute atomic E-state index is 12.9. The Balaban J connectivity index is 1.62. The van der Waals surface area contributed by atoms with E-state index in [0.717, 1.165) is 26.6 Å². The summed E-state index contributed by atoms with van der Waals surface area (Å²) in [6, 6.07) is 13.7. The van der Waals surface area contributed by atoms with E-state index in [2.05, 4.69) is 43.5 Å². The highest BCUT2D eigenvalue weighted by Gasteiger charge is 2.33. The molecule has 0 spiro atoms. The molecular formula is C26H22N2O2S. The van der Waals surface area contributed by atoms with E-state index in [4.69, 9.17) is 4.98 Å². The molecule has 2 heterocycles. The average molecular weight is 427 g/mol. The van der Waals surface area contributed by atoms with Crippen molar-refractivity contribution in [3.8, 4) is 10.6 Å². The molecule has 4 aromatic rings. The lowest BCUT2D eigenvalue weighted by Crippen LogP contribution is -2.03. The molecule has 0 bridgehead atoms. The molecule has 31 heavy (non-hydrogen) atoms. The van der Waals surface area contributed by atoms with Gasteiger partial charge in [0.05, 0.1) is 10.3 Å². The van der Waals surface area contributed by atoms with Crippen LogP contribution in [0.5, 0.6) is 0 Å². The van der Waals surface area contributed by atoms with Gasteiger partial charge in [-0.2, -0.15) is 0 Å². The molecule has 154 valence electrons. The van der Waals surface area contributed by atoms with Crippen LogP contribution in [0.2, 0.25) is 0 Å². The first-order valence-corrected chi connectivity index (χ1v) is 11.2. The molecule has 0 radical (unpaired) electrons. The second kappa shape index (κ2) is 7.13. The zero-order valence-electron chi connectivity index (χ0n) is 17.9. The van der Waals surface area contributed by atoms with Gasteiger partial charge in [0.1, 0.15) is 5.01 Å². The van der Waals surface area contributed by atoms with Crippen molar-refractivity contribution in [2.75, 3.05) is 0 Å². The first-order chi connectivity index (χ1) is 14.9. The third kappa shape index (κ3) is 3.00. The molecule has 0 aliphatic heterocycles. The summed E-state index contributed by atoms with van der Waals surface area (Å²) in [5, 5.41) is 0.998. The van der Waals surface area contributed by atoms with Gasteiger partial charge < -0.3 is 4.57 Å². The monoisotopic (exact) mass is 426 g/mol. The quantitative estimate of drug-likeness (QED) is 0.291. The van der Waals surface area contributed by atoms with E-state index in [1.807, 2.05) is 19.1 Å². The van der Waals surface area contributed by atoms with Gasteiger partial charge in [-0.3, -0.25) is 9.59 Å². The number of carbonyl (C=O) groups is 2. The Morgan fingerprint density at radius 3 is 2.39 bits per heavy atom. The van der Waals surface area contributed by atoms with Gasteiger partial charge in [0.25, 0.3) is 0 Å². The molecule has 0 fully saturated rings. The number of thiazole rings is 1. The van der Waals surface area contributed by atoms with Gasteiger partial charge >= 0.3 is 0 Å². The van der Waals surface area contributed by atoms with Crippen LogP contribution in [0.3, 0.4) is 0 Å². The molecule has 0 atom stereocenters. The lowest BCUT2D eigenvalue weighted by atomic mass is 10.0. The van der Waals surface area contributed by atoms with Crippen LogP contribution in [0, 0.1) is 20.8 Å².